The van der Waals surface area contributed by atoms with Crippen molar-refractivity contribution in [3.63, 3.8) is 0 Å². The van der Waals surface area contributed by atoms with E-state index in [4.69, 9.17) is 0 Å². The van der Waals surface area contributed by atoms with Crippen LogP contribution in [0.3, 0.4) is 0 Å². The molecule has 1 N–H and O–H groups in total. The fraction of sp³-hybridized carbons (Fsp3) is 0.0500. The van der Waals surface area contributed by atoms with Gasteiger partial charge in [0.25, 0.3) is 0 Å². The first-order valence-electron chi connectivity index (χ1n) is 7.71. The second kappa shape index (κ2) is 5.74. The van der Waals surface area contributed by atoms with E-state index >= 15 is 0 Å². The van der Waals surface area contributed by atoms with Gasteiger partial charge in [-0.15, -0.1) is 5.10 Å². The van der Waals surface area contributed by atoms with Crippen LogP contribution in [0.5, 0.6) is 5.75 Å². The van der Waals surface area contributed by atoms with Crippen LogP contribution in [-0.2, 0) is 0 Å². The summed E-state index contributed by atoms with van der Waals surface area (Å²) in [4.78, 5) is 4.65. The third kappa shape index (κ3) is 2.38. The average Bonchev–Trinajstić information content (AvgIpc) is 2.90. The van der Waals surface area contributed by atoms with Crippen LogP contribution in [0.25, 0.3) is 11.3 Å². The van der Waals surface area contributed by atoms with Gasteiger partial charge in [0.15, 0.2) is 0 Å². The highest BCUT2D eigenvalue weighted by atomic mass is 16.3. The number of pyridine rings is 1. The topological polar surface area (TPSA) is 57.8 Å². The molecule has 1 heterocycles. The fourth-order valence-corrected chi connectivity index (χ4v) is 2.85. The molecule has 0 amide bonds. The maximum atomic E-state index is 9.80. The minimum atomic E-state index is 0.186. The summed E-state index contributed by atoms with van der Waals surface area (Å²) in [5.74, 6) is 0.186. The molecule has 4 nitrogen and oxygen atoms in total. The van der Waals surface area contributed by atoms with Crippen molar-refractivity contribution in [1.29, 1.82) is 0 Å². The van der Waals surface area contributed by atoms with Gasteiger partial charge in [0.2, 0.25) is 0 Å². The number of para-hydroxylation sites is 1. The van der Waals surface area contributed by atoms with Crippen molar-refractivity contribution in [2.75, 3.05) is 0 Å². The van der Waals surface area contributed by atoms with E-state index in [1.54, 1.807) is 24.4 Å². The SMILES string of the molecule is Cc1ccc2c(n1)-c1ccccc1/C2=N/N=C/c1ccccc1O. The second-order valence-electron chi connectivity index (χ2n) is 5.65. The molecule has 4 heteroatoms. The van der Waals surface area contributed by atoms with Crippen LogP contribution in [0.15, 0.2) is 70.9 Å². The number of phenols is 1. The zero-order valence-electron chi connectivity index (χ0n) is 13.1. The maximum absolute atomic E-state index is 9.80. The van der Waals surface area contributed by atoms with Gasteiger partial charge in [-0.1, -0.05) is 36.4 Å². The van der Waals surface area contributed by atoms with Gasteiger partial charge in [-0.05, 0) is 31.2 Å². The Bertz CT molecular complexity index is 990. The smallest absolute Gasteiger partial charge is 0.124 e. The van der Waals surface area contributed by atoms with E-state index in [2.05, 4.69) is 21.3 Å². The van der Waals surface area contributed by atoms with Crippen LogP contribution < -0.4 is 0 Å². The Kier molecular flexibility index (Phi) is 3.43. The molecule has 3 aromatic rings. The van der Waals surface area contributed by atoms with Crippen LogP contribution in [0.1, 0.15) is 22.4 Å². The number of hydrogen-bond donors (Lipinski definition) is 1. The molecule has 1 aliphatic rings. The molecule has 0 unspecified atom stereocenters. The van der Waals surface area contributed by atoms with Crippen molar-refractivity contribution < 1.29 is 5.11 Å². The van der Waals surface area contributed by atoms with Crippen molar-refractivity contribution in [3.05, 3.63) is 83.0 Å². The Morgan fingerprint density at radius 2 is 1.62 bits per heavy atom. The third-order valence-corrected chi connectivity index (χ3v) is 4.02. The van der Waals surface area contributed by atoms with Crippen LogP contribution in [0.2, 0.25) is 0 Å². The van der Waals surface area contributed by atoms with Gasteiger partial charge in [0.1, 0.15) is 11.5 Å². The van der Waals surface area contributed by atoms with Gasteiger partial charge in [0.05, 0.1) is 11.9 Å². The Hall–Kier alpha value is -3.27. The van der Waals surface area contributed by atoms with Crippen LogP contribution >= 0.6 is 0 Å². The zero-order valence-corrected chi connectivity index (χ0v) is 13.1. The number of phenolic OH excluding ortho intramolecular Hbond substituents is 1. The van der Waals surface area contributed by atoms with Crippen molar-refractivity contribution >= 4 is 11.9 Å². The lowest BCUT2D eigenvalue weighted by Crippen LogP contribution is -1.98. The lowest BCUT2D eigenvalue weighted by Gasteiger charge is -2.00. The molecule has 4 rings (SSSR count). The highest BCUT2D eigenvalue weighted by molar-refractivity contribution is 6.23. The minimum Gasteiger partial charge on any atom is -0.507 e. The Morgan fingerprint density at radius 3 is 2.46 bits per heavy atom. The van der Waals surface area contributed by atoms with Crippen LogP contribution in [0.4, 0.5) is 0 Å². The van der Waals surface area contributed by atoms with Gasteiger partial charge in [-0.2, -0.15) is 5.10 Å². The number of aryl methyl sites for hydroxylation is 1. The van der Waals surface area contributed by atoms with E-state index in [0.29, 0.717) is 5.56 Å². The van der Waals surface area contributed by atoms with E-state index in [1.807, 2.05) is 43.3 Å². The molecular weight excluding hydrogens is 298 g/mol. The molecule has 0 atom stereocenters. The third-order valence-electron chi connectivity index (χ3n) is 4.02. The summed E-state index contributed by atoms with van der Waals surface area (Å²) < 4.78 is 0. The van der Waals surface area contributed by atoms with E-state index in [-0.39, 0.29) is 5.75 Å². The largest absolute Gasteiger partial charge is 0.507 e. The number of fused-ring (bicyclic) bond motifs is 3. The summed E-state index contributed by atoms with van der Waals surface area (Å²) in [6.07, 6.45) is 1.56. The average molecular weight is 313 g/mol. The Morgan fingerprint density at radius 1 is 0.875 bits per heavy atom. The minimum absolute atomic E-state index is 0.186. The van der Waals surface area contributed by atoms with E-state index < -0.39 is 0 Å². The molecule has 0 bridgehead atoms. The summed E-state index contributed by atoms with van der Waals surface area (Å²) in [7, 11) is 0. The second-order valence-corrected chi connectivity index (χ2v) is 5.65. The molecular formula is C20H15N3O. The van der Waals surface area contributed by atoms with Crippen molar-refractivity contribution in [2.24, 2.45) is 10.2 Å². The molecule has 0 saturated heterocycles. The number of aromatic hydroxyl groups is 1. The zero-order chi connectivity index (χ0) is 16.5. The molecule has 1 aromatic heterocycles. The highest BCUT2D eigenvalue weighted by Gasteiger charge is 2.25. The number of aromatic nitrogens is 1. The van der Waals surface area contributed by atoms with Crippen LogP contribution in [-0.4, -0.2) is 22.0 Å². The normalized spacial score (nSPS) is 14.1. The predicted octanol–water partition coefficient (Wildman–Crippen LogP) is 3.95. The van der Waals surface area contributed by atoms with Crippen LogP contribution in [0, 0.1) is 6.92 Å². The molecule has 2 aromatic carbocycles. The Balaban J connectivity index is 1.80. The van der Waals surface area contributed by atoms with E-state index in [0.717, 1.165) is 33.8 Å². The molecule has 0 fully saturated rings. The molecule has 116 valence electrons. The van der Waals surface area contributed by atoms with E-state index in [1.165, 1.54) is 0 Å². The van der Waals surface area contributed by atoms with E-state index in [9.17, 15) is 5.11 Å². The lowest BCUT2D eigenvalue weighted by atomic mass is 10.1. The van der Waals surface area contributed by atoms with Gasteiger partial charge in [-0.3, -0.25) is 4.98 Å². The maximum Gasteiger partial charge on any atom is 0.124 e. The number of rotatable bonds is 2. The van der Waals surface area contributed by atoms with Gasteiger partial charge in [-0.25, -0.2) is 0 Å². The molecule has 0 saturated carbocycles. The molecule has 1 aliphatic carbocycles. The summed E-state index contributed by atoms with van der Waals surface area (Å²) in [5, 5.41) is 18.4. The highest BCUT2D eigenvalue weighted by Crippen LogP contribution is 2.35. The monoisotopic (exact) mass is 313 g/mol. The first kappa shape index (κ1) is 14.3. The van der Waals surface area contributed by atoms with Gasteiger partial charge >= 0.3 is 0 Å². The number of benzene rings is 2. The standard InChI is InChI=1S/C20H15N3O/c1-13-10-11-17-19(22-13)15-7-3-4-8-16(15)20(17)23-21-12-14-6-2-5-9-18(14)24/h2-12,24H,1H3/b21-12+,23-20-. The van der Waals surface area contributed by atoms with Gasteiger partial charge < -0.3 is 5.11 Å². The number of nitrogens with zero attached hydrogens (tertiary/aromatic N) is 3. The summed E-state index contributed by atoms with van der Waals surface area (Å²) >= 11 is 0. The first-order valence-corrected chi connectivity index (χ1v) is 7.71. The predicted molar refractivity (Wildman–Crippen MR) is 95.7 cm³/mol. The summed E-state index contributed by atoms with van der Waals surface area (Å²) in [5.41, 5.74) is 6.45. The quantitative estimate of drug-likeness (QED) is 0.450. The Labute approximate surface area is 139 Å². The van der Waals surface area contributed by atoms with Crippen molar-refractivity contribution in [3.8, 4) is 17.0 Å². The van der Waals surface area contributed by atoms with Gasteiger partial charge in [0, 0.05) is 27.9 Å². The molecule has 0 aliphatic heterocycles. The molecule has 24 heavy (non-hydrogen) atoms. The fourth-order valence-electron chi connectivity index (χ4n) is 2.85. The first-order chi connectivity index (χ1) is 11.7. The summed E-state index contributed by atoms with van der Waals surface area (Å²) in [6.45, 7) is 1.98. The van der Waals surface area contributed by atoms with Crippen molar-refractivity contribution in [1.82, 2.24) is 4.98 Å². The summed E-state index contributed by atoms with van der Waals surface area (Å²) in [6, 6.07) is 19.1. The molecule has 0 radical (unpaired) electrons. The lowest BCUT2D eigenvalue weighted by molar-refractivity contribution is 0.474. The van der Waals surface area contributed by atoms with Crippen molar-refractivity contribution in [2.45, 2.75) is 6.92 Å². The molecule has 0 spiro atoms. The number of hydrogen-bond acceptors (Lipinski definition) is 4.